The second kappa shape index (κ2) is 6.49. The van der Waals surface area contributed by atoms with Crippen molar-refractivity contribution in [2.24, 2.45) is 5.92 Å². The van der Waals surface area contributed by atoms with Crippen LogP contribution in [0.25, 0.3) is 0 Å². The molecule has 1 heterocycles. The minimum absolute atomic E-state index is 0.00624. The van der Waals surface area contributed by atoms with E-state index in [-0.39, 0.29) is 18.8 Å². The molecular weight excluding hydrogens is 268 g/mol. The topological polar surface area (TPSA) is 96.0 Å². The van der Waals surface area contributed by atoms with E-state index in [4.69, 9.17) is 9.47 Å². The largest absolute Gasteiger partial charge is 0.469 e. The Morgan fingerprint density at radius 3 is 2.10 bits per heavy atom. The van der Waals surface area contributed by atoms with Gasteiger partial charge in [-0.25, -0.2) is 0 Å². The second-order valence-electron chi connectivity index (χ2n) is 4.92. The summed E-state index contributed by atoms with van der Waals surface area (Å²) >= 11 is 0. The molecule has 112 valence electrons. The van der Waals surface area contributed by atoms with Crippen LogP contribution in [0.4, 0.5) is 0 Å². The average Bonchev–Trinajstić information content (AvgIpc) is 2.31. The Hall–Kier alpha value is -1.92. The van der Waals surface area contributed by atoms with Gasteiger partial charge in [-0.3, -0.25) is 19.2 Å². The van der Waals surface area contributed by atoms with Gasteiger partial charge in [0.05, 0.1) is 7.11 Å². The maximum atomic E-state index is 11.8. The lowest BCUT2D eigenvalue weighted by Crippen LogP contribution is -2.49. The van der Waals surface area contributed by atoms with Crippen molar-refractivity contribution in [1.82, 2.24) is 0 Å². The van der Waals surface area contributed by atoms with E-state index in [1.165, 1.54) is 21.0 Å². The lowest BCUT2D eigenvalue weighted by Gasteiger charge is -2.32. The number of ketones is 1. The van der Waals surface area contributed by atoms with Gasteiger partial charge in [-0.1, -0.05) is 0 Å². The number of cyclic esters (lactones) is 2. The van der Waals surface area contributed by atoms with Crippen LogP contribution in [0.3, 0.4) is 0 Å². The highest BCUT2D eigenvalue weighted by atomic mass is 16.7. The van der Waals surface area contributed by atoms with E-state index in [2.05, 4.69) is 4.74 Å². The average molecular weight is 286 g/mol. The van der Waals surface area contributed by atoms with Crippen LogP contribution in [0.15, 0.2) is 0 Å². The predicted molar refractivity (Wildman–Crippen MR) is 65.2 cm³/mol. The van der Waals surface area contributed by atoms with Crippen LogP contribution in [-0.2, 0) is 33.4 Å². The molecule has 7 heteroatoms. The number of methoxy groups -OCH3 is 1. The van der Waals surface area contributed by atoms with Gasteiger partial charge in [0.2, 0.25) is 5.92 Å². The van der Waals surface area contributed by atoms with Crippen molar-refractivity contribution in [2.45, 2.75) is 45.3 Å². The Morgan fingerprint density at radius 2 is 1.60 bits per heavy atom. The third-order valence-electron chi connectivity index (χ3n) is 2.77. The molecule has 0 aromatic carbocycles. The molecule has 20 heavy (non-hydrogen) atoms. The van der Waals surface area contributed by atoms with E-state index >= 15 is 0 Å². The highest BCUT2D eigenvalue weighted by molar-refractivity contribution is 6.15. The fourth-order valence-corrected chi connectivity index (χ4v) is 1.80. The lowest BCUT2D eigenvalue weighted by molar-refractivity contribution is -0.238. The first-order chi connectivity index (χ1) is 9.26. The second-order valence-corrected chi connectivity index (χ2v) is 4.92. The number of carbonyl (C=O) groups excluding carboxylic acids is 4. The number of unbranched alkanes of at least 4 members (excludes halogenated alkanes) is 1. The summed E-state index contributed by atoms with van der Waals surface area (Å²) in [6, 6.07) is 0. The molecule has 1 rings (SSSR count). The zero-order chi connectivity index (χ0) is 15.3. The zero-order valence-electron chi connectivity index (χ0n) is 11.8. The van der Waals surface area contributed by atoms with Crippen molar-refractivity contribution in [1.29, 1.82) is 0 Å². The minimum atomic E-state index is -1.51. The third-order valence-corrected chi connectivity index (χ3v) is 2.77. The van der Waals surface area contributed by atoms with Gasteiger partial charge in [-0.15, -0.1) is 0 Å². The van der Waals surface area contributed by atoms with E-state index in [1.54, 1.807) is 0 Å². The van der Waals surface area contributed by atoms with Gasteiger partial charge >= 0.3 is 17.9 Å². The summed E-state index contributed by atoms with van der Waals surface area (Å²) in [5.41, 5.74) is 0. The van der Waals surface area contributed by atoms with Crippen molar-refractivity contribution in [3.05, 3.63) is 0 Å². The van der Waals surface area contributed by atoms with Crippen LogP contribution in [0.2, 0.25) is 0 Å². The lowest BCUT2D eigenvalue weighted by atomic mass is 9.98. The summed E-state index contributed by atoms with van der Waals surface area (Å²) in [5.74, 6) is -5.54. The van der Waals surface area contributed by atoms with Crippen LogP contribution in [0.1, 0.15) is 39.5 Å². The molecule has 0 aliphatic carbocycles. The van der Waals surface area contributed by atoms with E-state index in [0.717, 1.165) is 0 Å². The SMILES string of the molecule is COC(=O)CCCCC(=O)C1C(=O)OC(C)(C)OC1=O. The highest BCUT2D eigenvalue weighted by Gasteiger charge is 2.46. The number of hydrogen-bond donors (Lipinski definition) is 0. The van der Waals surface area contributed by atoms with Gasteiger partial charge in [0, 0.05) is 26.7 Å². The minimum Gasteiger partial charge on any atom is -0.469 e. The fourth-order valence-electron chi connectivity index (χ4n) is 1.80. The van der Waals surface area contributed by atoms with Gasteiger partial charge in [-0.05, 0) is 12.8 Å². The Kier molecular flexibility index (Phi) is 5.24. The summed E-state index contributed by atoms with van der Waals surface area (Å²) in [6.07, 6.45) is 1.03. The molecule has 0 N–H and O–H groups in total. The fraction of sp³-hybridized carbons (Fsp3) is 0.692. The normalized spacial score (nSPS) is 18.1. The molecule has 0 atom stereocenters. The van der Waals surface area contributed by atoms with Crippen LogP contribution in [0.5, 0.6) is 0 Å². The van der Waals surface area contributed by atoms with Gasteiger partial charge in [0.1, 0.15) is 0 Å². The summed E-state index contributed by atoms with van der Waals surface area (Å²) in [6.45, 7) is 2.83. The molecule has 0 bridgehead atoms. The molecule has 0 aromatic heterocycles. The van der Waals surface area contributed by atoms with Crippen molar-refractivity contribution in [2.75, 3.05) is 7.11 Å². The highest BCUT2D eigenvalue weighted by Crippen LogP contribution is 2.24. The van der Waals surface area contributed by atoms with E-state index in [9.17, 15) is 19.2 Å². The molecule has 1 saturated heterocycles. The van der Waals surface area contributed by atoms with Crippen LogP contribution in [0, 0.1) is 5.92 Å². The first-order valence-corrected chi connectivity index (χ1v) is 6.32. The zero-order valence-corrected chi connectivity index (χ0v) is 11.8. The molecule has 0 saturated carbocycles. The monoisotopic (exact) mass is 286 g/mol. The van der Waals surface area contributed by atoms with Crippen LogP contribution >= 0.6 is 0 Å². The van der Waals surface area contributed by atoms with E-state index in [1.807, 2.05) is 0 Å². The molecule has 0 aromatic rings. The van der Waals surface area contributed by atoms with Crippen molar-refractivity contribution in [3.8, 4) is 0 Å². The Bertz CT molecular complexity index is 404. The standard InChI is InChI=1S/C13H18O7/c1-13(2)19-11(16)10(12(17)20-13)8(14)6-4-5-7-9(15)18-3/h10H,4-7H2,1-3H3. The Morgan fingerprint density at radius 1 is 1.10 bits per heavy atom. The quantitative estimate of drug-likeness (QED) is 0.403. The van der Waals surface area contributed by atoms with Gasteiger partial charge in [-0.2, -0.15) is 0 Å². The van der Waals surface area contributed by atoms with E-state index in [0.29, 0.717) is 12.8 Å². The third kappa shape index (κ3) is 4.32. The molecule has 7 nitrogen and oxygen atoms in total. The molecule has 0 spiro atoms. The number of esters is 3. The number of rotatable bonds is 6. The Balaban J connectivity index is 2.45. The molecule has 0 unspecified atom stereocenters. The number of carbonyl (C=O) groups is 4. The molecule has 0 radical (unpaired) electrons. The van der Waals surface area contributed by atoms with Crippen molar-refractivity contribution in [3.63, 3.8) is 0 Å². The molecular formula is C13H18O7. The molecule has 0 amide bonds. The molecule has 1 aliphatic rings. The Labute approximate surface area is 116 Å². The maximum Gasteiger partial charge on any atom is 0.331 e. The van der Waals surface area contributed by atoms with Gasteiger partial charge < -0.3 is 14.2 Å². The first kappa shape index (κ1) is 16.1. The molecule has 1 aliphatic heterocycles. The van der Waals surface area contributed by atoms with Gasteiger partial charge in [0.15, 0.2) is 5.78 Å². The number of Topliss-reactive ketones (excluding diaryl/α,β-unsaturated/α-hetero) is 1. The van der Waals surface area contributed by atoms with E-state index < -0.39 is 29.4 Å². The van der Waals surface area contributed by atoms with Crippen LogP contribution in [-0.4, -0.2) is 36.6 Å². The summed E-state index contributed by atoms with van der Waals surface area (Å²) < 4.78 is 14.2. The number of ether oxygens (including phenoxy) is 3. The van der Waals surface area contributed by atoms with Crippen molar-refractivity contribution < 1.29 is 33.4 Å². The maximum absolute atomic E-state index is 11.8. The summed E-state index contributed by atoms with van der Waals surface area (Å²) in [4.78, 5) is 46.0. The molecule has 1 fully saturated rings. The predicted octanol–water partition coefficient (Wildman–Crippen LogP) is 0.741. The summed E-state index contributed by atoms with van der Waals surface area (Å²) in [7, 11) is 1.28. The smallest absolute Gasteiger partial charge is 0.331 e. The number of hydrogen-bond acceptors (Lipinski definition) is 7. The van der Waals surface area contributed by atoms with Crippen LogP contribution < -0.4 is 0 Å². The first-order valence-electron chi connectivity index (χ1n) is 6.32. The van der Waals surface area contributed by atoms with Gasteiger partial charge in [0.25, 0.3) is 5.79 Å². The van der Waals surface area contributed by atoms with Crippen molar-refractivity contribution >= 4 is 23.7 Å². The summed E-state index contributed by atoms with van der Waals surface area (Å²) in [5, 5.41) is 0.